The van der Waals surface area contributed by atoms with E-state index in [-0.39, 0.29) is 5.91 Å². The van der Waals surface area contributed by atoms with Gasteiger partial charge in [-0.3, -0.25) is 4.79 Å². The molecular formula is C16H21N3OS. The van der Waals surface area contributed by atoms with E-state index in [9.17, 15) is 4.79 Å². The van der Waals surface area contributed by atoms with Gasteiger partial charge in [0.15, 0.2) is 0 Å². The van der Waals surface area contributed by atoms with Crippen molar-refractivity contribution in [2.24, 2.45) is 5.73 Å². The molecule has 0 spiro atoms. The Kier molecular flexibility index (Phi) is 5.47. The predicted molar refractivity (Wildman–Crippen MR) is 86.3 cm³/mol. The molecule has 1 aromatic heterocycles. The van der Waals surface area contributed by atoms with Crippen LogP contribution in [0.2, 0.25) is 0 Å². The average Bonchev–Trinajstić information content (AvgIpc) is 2.95. The van der Waals surface area contributed by atoms with Crippen LogP contribution in [0.5, 0.6) is 0 Å². The Bertz CT molecular complexity index is 592. The van der Waals surface area contributed by atoms with Crippen LogP contribution in [0.1, 0.15) is 34.0 Å². The van der Waals surface area contributed by atoms with Gasteiger partial charge < -0.3 is 11.1 Å². The number of nitrogens with two attached hydrogens (primary N) is 1. The highest BCUT2D eigenvalue weighted by Crippen LogP contribution is 2.14. The first-order valence-electron chi connectivity index (χ1n) is 7.13. The maximum absolute atomic E-state index is 12.0. The first-order chi connectivity index (χ1) is 10.1. The van der Waals surface area contributed by atoms with Crippen molar-refractivity contribution in [3.05, 3.63) is 51.5 Å². The number of thiazole rings is 1. The van der Waals surface area contributed by atoms with E-state index in [4.69, 9.17) is 5.73 Å². The summed E-state index contributed by atoms with van der Waals surface area (Å²) in [6, 6.07) is 7.10. The summed E-state index contributed by atoms with van der Waals surface area (Å²) >= 11 is 1.70. The van der Waals surface area contributed by atoms with E-state index >= 15 is 0 Å². The quantitative estimate of drug-likeness (QED) is 0.861. The minimum Gasteiger partial charge on any atom is -0.354 e. The molecule has 0 saturated carbocycles. The Morgan fingerprint density at radius 3 is 2.71 bits per heavy atom. The number of nitrogens with one attached hydrogen (secondary N) is 1. The summed E-state index contributed by atoms with van der Waals surface area (Å²) in [5.41, 5.74) is 7.96. The van der Waals surface area contributed by atoms with Crippen LogP contribution in [0.15, 0.2) is 30.5 Å². The molecule has 3 N–H and O–H groups in total. The van der Waals surface area contributed by atoms with Crippen molar-refractivity contribution in [2.45, 2.75) is 32.7 Å². The average molecular weight is 303 g/mol. The monoisotopic (exact) mass is 303 g/mol. The molecule has 1 heterocycles. The summed E-state index contributed by atoms with van der Waals surface area (Å²) in [6.45, 7) is 4.68. The van der Waals surface area contributed by atoms with Crippen molar-refractivity contribution in [3.8, 4) is 0 Å². The fourth-order valence-electron chi connectivity index (χ4n) is 1.95. The molecule has 0 aliphatic rings. The second-order valence-electron chi connectivity index (χ2n) is 5.00. The van der Waals surface area contributed by atoms with Crippen LogP contribution in [0, 0.1) is 6.92 Å². The van der Waals surface area contributed by atoms with Gasteiger partial charge in [-0.05, 0) is 18.9 Å². The molecule has 0 radical (unpaired) electrons. The number of hydrogen-bond donors (Lipinski definition) is 2. The number of aromatic nitrogens is 1. The molecule has 0 saturated heterocycles. The van der Waals surface area contributed by atoms with Crippen molar-refractivity contribution in [2.75, 3.05) is 6.54 Å². The maximum Gasteiger partial charge on any atom is 0.241 e. The number of hydrogen-bond acceptors (Lipinski definition) is 4. The van der Waals surface area contributed by atoms with Gasteiger partial charge in [-0.2, -0.15) is 0 Å². The number of aryl methyl sites for hydroxylation is 2. The van der Waals surface area contributed by atoms with Crippen LogP contribution in [0.3, 0.4) is 0 Å². The third-order valence-electron chi connectivity index (χ3n) is 3.31. The highest BCUT2D eigenvalue weighted by molar-refractivity contribution is 7.11. The van der Waals surface area contributed by atoms with Crippen LogP contribution in [-0.2, 0) is 17.6 Å². The third kappa shape index (κ3) is 4.37. The zero-order chi connectivity index (χ0) is 15.2. The predicted octanol–water partition coefficient (Wildman–Crippen LogP) is 2.37. The SMILES string of the molecule is CCc1cnc(CCNC(=O)C(N)c2ccc(C)cc2)s1. The Labute approximate surface area is 129 Å². The van der Waals surface area contributed by atoms with Gasteiger partial charge >= 0.3 is 0 Å². The molecule has 0 aliphatic carbocycles. The number of carbonyl (C=O) groups excluding carboxylic acids is 1. The number of amides is 1. The lowest BCUT2D eigenvalue weighted by Gasteiger charge is -2.12. The van der Waals surface area contributed by atoms with E-state index < -0.39 is 6.04 Å². The second kappa shape index (κ2) is 7.33. The van der Waals surface area contributed by atoms with Crippen molar-refractivity contribution in [1.82, 2.24) is 10.3 Å². The highest BCUT2D eigenvalue weighted by atomic mass is 32.1. The van der Waals surface area contributed by atoms with Gasteiger partial charge in [0.1, 0.15) is 6.04 Å². The molecule has 0 bridgehead atoms. The third-order valence-corrected chi connectivity index (χ3v) is 4.51. The number of carbonyl (C=O) groups is 1. The summed E-state index contributed by atoms with van der Waals surface area (Å²) in [5.74, 6) is -0.147. The molecule has 1 atom stereocenters. The van der Waals surface area contributed by atoms with Crippen LogP contribution < -0.4 is 11.1 Å². The van der Waals surface area contributed by atoms with E-state index in [1.807, 2.05) is 37.4 Å². The summed E-state index contributed by atoms with van der Waals surface area (Å²) in [4.78, 5) is 17.6. The number of rotatable bonds is 6. The van der Waals surface area contributed by atoms with E-state index in [2.05, 4.69) is 17.2 Å². The van der Waals surface area contributed by atoms with Crippen LogP contribution in [0.4, 0.5) is 0 Å². The molecule has 0 fully saturated rings. The van der Waals surface area contributed by atoms with Gasteiger partial charge in [0, 0.05) is 24.0 Å². The van der Waals surface area contributed by atoms with E-state index in [0.29, 0.717) is 6.54 Å². The van der Waals surface area contributed by atoms with Crippen molar-refractivity contribution < 1.29 is 4.79 Å². The summed E-state index contributed by atoms with van der Waals surface area (Å²) < 4.78 is 0. The Morgan fingerprint density at radius 2 is 2.10 bits per heavy atom. The molecule has 5 heteroatoms. The van der Waals surface area contributed by atoms with Crippen molar-refractivity contribution in [3.63, 3.8) is 0 Å². The molecule has 0 aliphatic heterocycles. The van der Waals surface area contributed by atoms with Crippen molar-refractivity contribution in [1.29, 1.82) is 0 Å². The maximum atomic E-state index is 12.0. The lowest BCUT2D eigenvalue weighted by Crippen LogP contribution is -2.35. The lowest BCUT2D eigenvalue weighted by molar-refractivity contribution is -0.122. The first-order valence-corrected chi connectivity index (χ1v) is 7.95. The summed E-state index contributed by atoms with van der Waals surface area (Å²) in [7, 11) is 0. The smallest absolute Gasteiger partial charge is 0.241 e. The van der Waals surface area contributed by atoms with Gasteiger partial charge in [-0.1, -0.05) is 36.8 Å². The summed E-state index contributed by atoms with van der Waals surface area (Å²) in [5, 5.41) is 3.93. The number of nitrogens with zero attached hydrogens (tertiary/aromatic N) is 1. The zero-order valence-corrected chi connectivity index (χ0v) is 13.2. The molecule has 2 aromatic rings. The lowest BCUT2D eigenvalue weighted by atomic mass is 10.1. The van der Waals surface area contributed by atoms with Gasteiger partial charge in [-0.15, -0.1) is 11.3 Å². The molecule has 21 heavy (non-hydrogen) atoms. The molecule has 1 unspecified atom stereocenters. The van der Waals surface area contributed by atoms with Gasteiger partial charge in [0.25, 0.3) is 0 Å². The molecule has 2 rings (SSSR count). The highest BCUT2D eigenvalue weighted by Gasteiger charge is 2.15. The molecule has 4 nitrogen and oxygen atoms in total. The van der Waals surface area contributed by atoms with Gasteiger partial charge in [0.05, 0.1) is 5.01 Å². The summed E-state index contributed by atoms with van der Waals surface area (Å²) in [6.07, 6.45) is 3.65. The largest absolute Gasteiger partial charge is 0.354 e. The molecule has 112 valence electrons. The number of benzene rings is 1. The Morgan fingerprint density at radius 1 is 1.38 bits per heavy atom. The van der Waals surface area contributed by atoms with Crippen LogP contribution in [0.25, 0.3) is 0 Å². The molecule has 1 aromatic carbocycles. The zero-order valence-electron chi connectivity index (χ0n) is 12.4. The normalized spacial score (nSPS) is 12.1. The Hall–Kier alpha value is -1.72. The van der Waals surface area contributed by atoms with Gasteiger partial charge in [-0.25, -0.2) is 4.98 Å². The molecule has 1 amide bonds. The van der Waals surface area contributed by atoms with E-state index in [0.717, 1.165) is 29.0 Å². The topological polar surface area (TPSA) is 68.0 Å². The molecular weight excluding hydrogens is 282 g/mol. The Balaban J connectivity index is 1.82. The minimum atomic E-state index is -0.618. The fraction of sp³-hybridized carbons (Fsp3) is 0.375. The first kappa shape index (κ1) is 15.7. The fourth-order valence-corrected chi connectivity index (χ4v) is 2.82. The van der Waals surface area contributed by atoms with Crippen LogP contribution in [-0.4, -0.2) is 17.4 Å². The van der Waals surface area contributed by atoms with E-state index in [1.165, 1.54) is 4.88 Å². The minimum absolute atomic E-state index is 0.147. The van der Waals surface area contributed by atoms with Gasteiger partial charge in [0.2, 0.25) is 5.91 Å². The van der Waals surface area contributed by atoms with Crippen molar-refractivity contribution >= 4 is 17.2 Å². The van der Waals surface area contributed by atoms with E-state index in [1.54, 1.807) is 11.3 Å². The second-order valence-corrected chi connectivity index (χ2v) is 6.20. The van der Waals surface area contributed by atoms with Crippen LogP contribution >= 0.6 is 11.3 Å². The standard InChI is InChI=1S/C16H21N3OS/c1-3-13-10-19-14(21-13)8-9-18-16(20)15(17)12-6-4-11(2)5-7-12/h4-7,10,15H,3,8-9,17H2,1-2H3,(H,18,20).